The number of nitrogens with zero attached hydrogens (tertiary/aromatic N) is 3. The smallest absolute Gasteiger partial charge is 0.308 e. The number of aliphatic carboxylic acids is 1. The molecular weight excluding hydrogens is 194 g/mol. The van der Waals surface area contributed by atoms with Crippen molar-refractivity contribution in [2.75, 3.05) is 0 Å². The third kappa shape index (κ3) is 1.68. The molecule has 0 bridgehead atoms. The van der Waals surface area contributed by atoms with Crippen LogP contribution in [0.3, 0.4) is 0 Å². The van der Waals surface area contributed by atoms with Gasteiger partial charge in [-0.2, -0.15) is 5.10 Å². The maximum atomic E-state index is 10.7. The monoisotopic (exact) mass is 205 g/mol. The maximum Gasteiger partial charge on any atom is 0.308 e. The Morgan fingerprint density at radius 1 is 1.60 bits per heavy atom. The average Bonchev–Trinajstić information content (AvgIpc) is 2.56. The minimum absolute atomic E-state index is 0.0241. The van der Waals surface area contributed by atoms with Crippen molar-refractivity contribution in [3.8, 4) is 0 Å². The lowest BCUT2D eigenvalue weighted by atomic mass is 10.1. The van der Waals surface area contributed by atoms with Crippen LogP contribution in [-0.4, -0.2) is 25.7 Å². The van der Waals surface area contributed by atoms with Crippen molar-refractivity contribution >= 4 is 11.6 Å². The lowest BCUT2D eigenvalue weighted by molar-refractivity contribution is -0.136. The van der Waals surface area contributed by atoms with E-state index in [1.165, 1.54) is 0 Å². The molecule has 0 aromatic carbocycles. The first-order chi connectivity index (χ1) is 7.22. The molecule has 5 nitrogen and oxygen atoms in total. The Morgan fingerprint density at radius 2 is 2.40 bits per heavy atom. The Labute approximate surface area is 86.4 Å². The highest BCUT2D eigenvalue weighted by Gasteiger charge is 2.14. The summed E-state index contributed by atoms with van der Waals surface area (Å²) in [5.41, 5.74) is 2.15. The molecule has 2 aromatic rings. The van der Waals surface area contributed by atoms with Crippen LogP contribution in [0.15, 0.2) is 18.5 Å². The number of carboxylic acid groups (broad SMARTS) is 1. The van der Waals surface area contributed by atoms with Gasteiger partial charge in [0.15, 0.2) is 5.65 Å². The molecule has 0 aliphatic carbocycles. The predicted molar refractivity (Wildman–Crippen MR) is 53.7 cm³/mol. The highest BCUT2D eigenvalue weighted by atomic mass is 16.4. The van der Waals surface area contributed by atoms with Gasteiger partial charge in [-0.25, -0.2) is 9.50 Å². The second-order valence-corrected chi connectivity index (χ2v) is 3.24. The summed E-state index contributed by atoms with van der Waals surface area (Å²) in [5, 5.41) is 13.1. The van der Waals surface area contributed by atoms with Crippen molar-refractivity contribution in [3.63, 3.8) is 0 Å². The van der Waals surface area contributed by atoms with Gasteiger partial charge in [0.05, 0.1) is 12.1 Å². The largest absolute Gasteiger partial charge is 0.481 e. The number of hydrogen-bond acceptors (Lipinski definition) is 3. The molecule has 0 saturated heterocycles. The van der Waals surface area contributed by atoms with Gasteiger partial charge >= 0.3 is 5.97 Å². The third-order valence-electron chi connectivity index (χ3n) is 2.24. The van der Waals surface area contributed by atoms with Crippen molar-refractivity contribution < 1.29 is 9.90 Å². The number of rotatable bonds is 3. The van der Waals surface area contributed by atoms with Crippen LogP contribution in [0.1, 0.15) is 18.2 Å². The Hall–Kier alpha value is -1.91. The first-order valence-corrected chi connectivity index (χ1v) is 4.75. The topological polar surface area (TPSA) is 67.5 Å². The van der Waals surface area contributed by atoms with Crippen molar-refractivity contribution in [1.82, 2.24) is 14.6 Å². The Morgan fingerprint density at radius 3 is 3.07 bits per heavy atom. The number of hydrogen-bond donors (Lipinski definition) is 1. The molecule has 0 spiro atoms. The average molecular weight is 205 g/mol. The van der Waals surface area contributed by atoms with Crippen molar-refractivity contribution in [2.45, 2.75) is 19.8 Å². The normalized spacial score (nSPS) is 10.7. The van der Waals surface area contributed by atoms with E-state index in [0.717, 1.165) is 5.69 Å². The first kappa shape index (κ1) is 9.64. The van der Waals surface area contributed by atoms with Crippen molar-refractivity contribution in [3.05, 3.63) is 29.7 Å². The third-order valence-corrected chi connectivity index (χ3v) is 2.24. The van der Waals surface area contributed by atoms with Gasteiger partial charge in [0, 0.05) is 18.0 Å². The molecule has 0 fully saturated rings. The minimum atomic E-state index is -0.856. The highest BCUT2D eigenvalue weighted by Crippen LogP contribution is 2.14. The zero-order chi connectivity index (χ0) is 10.8. The summed E-state index contributed by atoms with van der Waals surface area (Å²) in [6, 6.07) is 1.77. The Balaban J connectivity index is 2.61. The molecule has 0 radical (unpaired) electrons. The van der Waals surface area contributed by atoms with E-state index in [2.05, 4.69) is 10.1 Å². The summed E-state index contributed by atoms with van der Waals surface area (Å²) in [6.07, 6.45) is 4.10. The molecule has 2 heterocycles. The van der Waals surface area contributed by atoms with Gasteiger partial charge in [-0.3, -0.25) is 4.79 Å². The van der Waals surface area contributed by atoms with Gasteiger partial charge in [0.2, 0.25) is 0 Å². The van der Waals surface area contributed by atoms with Crippen LogP contribution in [0.2, 0.25) is 0 Å². The Kier molecular flexibility index (Phi) is 2.37. The summed E-state index contributed by atoms with van der Waals surface area (Å²) in [6.45, 7) is 1.95. The zero-order valence-electron chi connectivity index (χ0n) is 8.34. The number of carboxylic acids is 1. The van der Waals surface area contributed by atoms with Gasteiger partial charge in [0.25, 0.3) is 0 Å². The van der Waals surface area contributed by atoms with Gasteiger partial charge in [-0.05, 0) is 12.5 Å². The van der Waals surface area contributed by atoms with Crippen molar-refractivity contribution in [2.24, 2.45) is 0 Å². The molecule has 0 aliphatic heterocycles. The van der Waals surface area contributed by atoms with E-state index in [0.29, 0.717) is 17.6 Å². The van der Waals surface area contributed by atoms with Crippen molar-refractivity contribution in [1.29, 1.82) is 0 Å². The molecule has 0 aliphatic rings. The maximum absolute atomic E-state index is 10.7. The van der Waals surface area contributed by atoms with E-state index in [4.69, 9.17) is 5.11 Å². The highest BCUT2D eigenvalue weighted by molar-refractivity contribution is 5.73. The van der Waals surface area contributed by atoms with Crippen LogP contribution in [0, 0.1) is 0 Å². The lowest BCUT2D eigenvalue weighted by Crippen LogP contribution is -2.02. The summed E-state index contributed by atoms with van der Waals surface area (Å²) in [4.78, 5) is 14.9. The molecule has 0 saturated carbocycles. The van der Waals surface area contributed by atoms with E-state index in [1.54, 1.807) is 23.0 Å². The quantitative estimate of drug-likeness (QED) is 0.809. The summed E-state index contributed by atoms with van der Waals surface area (Å²) >= 11 is 0. The molecule has 2 aromatic heterocycles. The zero-order valence-corrected chi connectivity index (χ0v) is 8.34. The number of aromatic nitrogens is 3. The van der Waals surface area contributed by atoms with E-state index in [9.17, 15) is 4.79 Å². The fourth-order valence-corrected chi connectivity index (χ4v) is 1.60. The number of aryl methyl sites for hydroxylation is 1. The number of carbonyl (C=O) groups is 1. The van der Waals surface area contributed by atoms with Crippen LogP contribution in [0.25, 0.3) is 5.65 Å². The Bertz CT molecular complexity index is 504. The molecule has 0 unspecified atom stereocenters. The van der Waals surface area contributed by atoms with Crippen LogP contribution in [-0.2, 0) is 17.6 Å². The van der Waals surface area contributed by atoms with Crippen LogP contribution < -0.4 is 0 Å². The molecule has 2 rings (SSSR count). The second-order valence-electron chi connectivity index (χ2n) is 3.24. The van der Waals surface area contributed by atoms with Gasteiger partial charge < -0.3 is 5.11 Å². The standard InChI is InChI=1S/C10H11N3O2/c1-2-8-7(6-9(14)15)10-11-4-3-5-13(10)12-8/h3-5H,2,6H2,1H3,(H,14,15). The fraction of sp³-hybridized carbons (Fsp3) is 0.300. The van der Waals surface area contributed by atoms with Crippen LogP contribution in [0.5, 0.6) is 0 Å². The minimum Gasteiger partial charge on any atom is -0.481 e. The summed E-state index contributed by atoms with van der Waals surface area (Å²) < 4.78 is 1.62. The van der Waals surface area contributed by atoms with Gasteiger partial charge in [0.1, 0.15) is 0 Å². The molecule has 0 atom stereocenters. The molecule has 5 heteroatoms. The SMILES string of the molecule is CCc1nn2cccnc2c1CC(=O)O. The van der Waals surface area contributed by atoms with E-state index in [-0.39, 0.29) is 6.42 Å². The lowest BCUT2D eigenvalue weighted by Gasteiger charge is -1.95. The number of fused-ring (bicyclic) bond motifs is 1. The van der Waals surface area contributed by atoms with E-state index in [1.807, 2.05) is 6.92 Å². The van der Waals surface area contributed by atoms with Crippen LogP contribution >= 0.6 is 0 Å². The van der Waals surface area contributed by atoms with Gasteiger partial charge in [-0.1, -0.05) is 6.92 Å². The van der Waals surface area contributed by atoms with Crippen LogP contribution in [0.4, 0.5) is 0 Å². The summed E-state index contributed by atoms with van der Waals surface area (Å²) in [5.74, 6) is -0.856. The second kappa shape index (κ2) is 3.68. The summed E-state index contributed by atoms with van der Waals surface area (Å²) in [7, 11) is 0. The molecular formula is C10H11N3O2. The molecule has 78 valence electrons. The van der Waals surface area contributed by atoms with E-state index >= 15 is 0 Å². The molecule has 15 heavy (non-hydrogen) atoms. The van der Waals surface area contributed by atoms with E-state index < -0.39 is 5.97 Å². The predicted octanol–water partition coefficient (Wildman–Crippen LogP) is 0.919. The van der Waals surface area contributed by atoms with Gasteiger partial charge in [-0.15, -0.1) is 0 Å². The first-order valence-electron chi connectivity index (χ1n) is 4.75. The molecule has 0 amide bonds. The molecule has 1 N–H and O–H groups in total. The fourth-order valence-electron chi connectivity index (χ4n) is 1.60.